The molecule has 0 saturated heterocycles. The van der Waals surface area contributed by atoms with Gasteiger partial charge in [-0.25, -0.2) is 8.42 Å². The van der Waals surface area contributed by atoms with E-state index in [1.165, 1.54) is 12.0 Å². The van der Waals surface area contributed by atoms with Gasteiger partial charge in [-0.1, -0.05) is 30.7 Å². The van der Waals surface area contributed by atoms with Crippen molar-refractivity contribution in [2.75, 3.05) is 30.8 Å². The van der Waals surface area contributed by atoms with Gasteiger partial charge in [0.05, 0.1) is 29.6 Å². The predicted molar refractivity (Wildman–Crippen MR) is 135 cm³/mol. The largest absolute Gasteiger partial charge is 0.497 e. The van der Waals surface area contributed by atoms with Crippen molar-refractivity contribution in [2.24, 2.45) is 0 Å². The second-order valence-electron chi connectivity index (χ2n) is 8.13. The first-order valence-electron chi connectivity index (χ1n) is 11.3. The molecule has 0 bridgehead atoms. The number of likely N-dealkylation sites (N-methyl/N-ethyl adjacent to an activating group) is 1. The summed E-state index contributed by atoms with van der Waals surface area (Å²) in [5.74, 6) is -0.756. The Morgan fingerprint density at radius 2 is 1.81 bits per heavy atom. The number of carbonyl (C=O) groups excluding carboxylic acids is 2. The zero-order valence-electron chi connectivity index (χ0n) is 20.8. The third-order valence-electron chi connectivity index (χ3n) is 5.45. The molecule has 0 aliphatic heterocycles. The highest BCUT2D eigenvalue weighted by Crippen LogP contribution is 2.36. The number of methoxy groups -OCH3 is 1. The summed E-state index contributed by atoms with van der Waals surface area (Å²) in [7, 11) is -2.80. The monoisotopic (exact) mass is 563 g/mol. The van der Waals surface area contributed by atoms with Crippen LogP contribution in [-0.4, -0.2) is 57.6 Å². The number of alkyl halides is 3. The number of nitrogens with zero attached hydrogens (tertiary/aromatic N) is 2. The Morgan fingerprint density at radius 1 is 1.14 bits per heavy atom. The minimum Gasteiger partial charge on any atom is -0.497 e. The number of nitrogens with one attached hydrogen (secondary N) is 1. The van der Waals surface area contributed by atoms with Crippen LogP contribution in [0.15, 0.2) is 42.5 Å². The molecule has 2 aromatic rings. The van der Waals surface area contributed by atoms with E-state index in [4.69, 9.17) is 16.3 Å². The van der Waals surface area contributed by atoms with Crippen molar-refractivity contribution in [1.82, 2.24) is 10.2 Å². The summed E-state index contributed by atoms with van der Waals surface area (Å²) in [6.07, 6.45) is -3.81. The Kier molecular flexibility index (Phi) is 10.2. The molecule has 0 saturated carbocycles. The highest BCUT2D eigenvalue weighted by molar-refractivity contribution is 7.92. The van der Waals surface area contributed by atoms with Crippen molar-refractivity contribution < 1.29 is 35.9 Å². The van der Waals surface area contributed by atoms with Crippen LogP contribution in [0.25, 0.3) is 0 Å². The van der Waals surface area contributed by atoms with E-state index < -0.39 is 51.9 Å². The summed E-state index contributed by atoms with van der Waals surface area (Å²) in [6, 6.07) is 7.97. The van der Waals surface area contributed by atoms with Crippen LogP contribution in [0.2, 0.25) is 5.02 Å². The zero-order chi connectivity index (χ0) is 28.0. The molecule has 2 rings (SSSR count). The average Bonchev–Trinajstić information content (AvgIpc) is 2.81. The maximum absolute atomic E-state index is 13.6. The van der Waals surface area contributed by atoms with Crippen LogP contribution < -0.4 is 14.4 Å². The van der Waals surface area contributed by atoms with E-state index in [1.807, 2.05) is 0 Å². The lowest BCUT2D eigenvalue weighted by Crippen LogP contribution is -2.52. The standard InChI is InChI=1S/C24H29ClF3N3O5S/c1-5-20(23(33)29-6-2)30(14-16-8-7-9-18(12-16)36-3)22(32)15-31(37(4,34)35)21-13-17(24(26,27)28)10-11-19(21)25/h7-13,20H,5-6,14-15H2,1-4H3,(H,29,33)/t20-/m1/s1. The van der Waals surface area contributed by atoms with Crippen LogP contribution in [0.4, 0.5) is 18.9 Å². The summed E-state index contributed by atoms with van der Waals surface area (Å²) in [5, 5.41) is 2.36. The van der Waals surface area contributed by atoms with E-state index >= 15 is 0 Å². The van der Waals surface area contributed by atoms with E-state index in [-0.39, 0.29) is 18.0 Å². The third-order valence-corrected chi connectivity index (χ3v) is 6.89. The fraction of sp³-hybridized carbons (Fsp3) is 0.417. The van der Waals surface area contributed by atoms with Crippen molar-refractivity contribution in [3.63, 3.8) is 0 Å². The number of carbonyl (C=O) groups is 2. The highest BCUT2D eigenvalue weighted by Gasteiger charge is 2.35. The summed E-state index contributed by atoms with van der Waals surface area (Å²) in [5.41, 5.74) is -1.03. The third kappa shape index (κ3) is 8.00. The maximum atomic E-state index is 13.6. The lowest BCUT2D eigenvalue weighted by atomic mass is 10.1. The number of anilines is 1. The zero-order valence-corrected chi connectivity index (χ0v) is 22.4. The Morgan fingerprint density at radius 3 is 2.35 bits per heavy atom. The molecule has 2 amide bonds. The Bertz CT molecular complexity index is 1220. The van der Waals surface area contributed by atoms with E-state index in [1.54, 1.807) is 38.1 Å². The topological polar surface area (TPSA) is 96.0 Å². The SMILES string of the molecule is CCNC(=O)[C@@H](CC)N(Cc1cccc(OC)c1)C(=O)CN(c1cc(C(F)(F)F)ccc1Cl)S(C)(=O)=O. The molecule has 0 aromatic heterocycles. The molecule has 1 N–H and O–H groups in total. The van der Waals surface area contributed by atoms with Gasteiger partial charge in [-0.2, -0.15) is 13.2 Å². The van der Waals surface area contributed by atoms with Gasteiger partial charge in [-0.15, -0.1) is 0 Å². The smallest absolute Gasteiger partial charge is 0.416 e. The lowest BCUT2D eigenvalue weighted by Gasteiger charge is -2.33. The molecule has 0 aliphatic rings. The van der Waals surface area contributed by atoms with Gasteiger partial charge in [0.1, 0.15) is 18.3 Å². The summed E-state index contributed by atoms with van der Waals surface area (Å²) >= 11 is 6.08. The predicted octanol–water partition coefficient (Wildman–Crippen LogP) is 4.08. The number of hydrogen-bond acceptors (Lipinski definition) is 5. The fourth-order valence-electron chi connectivity index (χ4n) is 3.65. The minimum atomic E-state index is -4.77. The number of sulfonamides is 1. The van der Waals surface area contributed by atoms with Crippen LogP contribution in [0, 0.1) is 0 Å². The quantitative estimate of drug-likeness (QED) is 0.444. The first kappa shape index (κ1) is 30.2. The molecule has 204 valence electrons. The Hall–Kier alpha value is -2.99. The van der Waals surface area contributed by atoms with E-state index in [0.29, 0.717) is 34.3 Å². The number of ether oxygens (including phenoxy) is 1. The van der Waals surface area contributed by atoms with Crippen LogP contribution in [0.1, 0.15) is 31.4 Å². The molecule has 0 radical (unpaired) electrons. The first-order chi connectivity index (χ1) is 17.2. The number of benzene rings is 2. The normalized spacial score (nSPS) is 12.5. The van der Waals surface area contributed by atoms with Crippen molar-refractivity contribution in [3.8, 4) is 5.75 Å². The van der Waals surface area contributed by atoms with Gasteiger partial charge in [0.25, 0.3) is 0 Å². The highest BCUT2D eigenvalue weighted by atomic mass is 35.5. The van der Waals surface area contributed by atoms with Crippen molar-refractivity contribution in [1.29, 1.82) is 0 Å². The van der Waals surface area contributed by atoms with Gasteiger partial charge in [0, 0.05) is 13.1 Å². The molecular weight excluding hydrogens is 535 g/mol. The second kappa shape index (κ2) is 12.5. The summed E-state index contributed by atoms with van der Waals surface area (Å²) in [6.45, 7) is 2.73. The van der Waals surface area contributed by atoms with Gasteiger partial charge < -0.3 is 15.0 Å². The molecule has 0 heterocycles. The maximum Gasteiger partial charge on any atom is 0.416 e. The minimum absolute atomic E-state index is 0.0837. The van der Waals surface area contributed by atoms with E-state index in [0.717, 1.165) is 12.3 Å². The average molecular weight is 564 g/mol. The molecule has 37 heavy (non-hydrogen) atoms. The molecule has 0 unspecified atom stereocenters. The Labute approximate surface area is 219 Å². The van der Waals surface area contributed by atoms with E-state index in [2.05, 4.69) is 5.32 Å². The molecule has 0 aliphatic carbocycles. The second-order valence-corrected chi connectivity index (χ2v) is 10.4. The van der Waals surface area contributed by atoms with E-state index in [9.17, 15) is 31.2 Å². The number of hydrogen-bond donors (Lipinski definition) is 1. The number of halogens is 4. The number of rotatable bonds is 11. The van der Waals surface area contributed by atoms with Crippen LogP contribution in [-0.2, 0) is 32.3 Å². The molecule has 1 atom stereocenters. The molecule has 0 fully saturated rings. The molecule has 13 heteroatoms. The molecule has 0 spiro atoms. The van der Waals surface area contributed by atoms with Crippen molar-refractivity contribution >= 4 is 39.1 Å². The summed E-state index contributed by atoms with van der Waals surface area (Å²) in [4.78, 5) is 27.6. The van der Waals surface area contributed by atoms with Gasteiger partial charge in [-0.05, 0) is 49.2 Å². The fourth-order valence-corrected chi connectivity index (χ4v) is 4.78. The van der Waals surface area contributed by atoms with Gasteiger partial charge >= 0.3 is 6.18 Å². The van der Waals surface area contributed by atoms with Crippen molar-refractivity contribution in [2.45, 2.75) is 39.0 Å². The van der Waals surface area contributed by atoms with Gasteiger partial charge in [-0.3, -0.25) is 13.9 Å². The van der Waals surface area contributed by atoms with Crippen LogP contribution in [0.3, 0.4) is 0 Å². The van der Waals surface area contributed by atoms with Crippen LogP contribution in [0.5, 0.6) is 5.75 Å². The Balaban J connectivity index is 2.55. The first-order valence-corrected chi connectivity index (χ1v) is 13.5. The van der Waals surface area contributed by atoms with Crippen LogP contribution >= 0.6 is 11.6 Å². The molecule has 2 aromatic carbocycles. The lowest BCUT2D eigenvalue weighted by molar-refractivity contribution is -0.140. The number of amides is 2. The summed E-state index contributed by atoms with van der Waals surface area (Å²) < 4.78 is 71.0. The molecule has 8 nitrogen and oxygen atoms in total. The van der Waals surface area contributed by atoms with Gasteiger partial charge in [0.2, 0.25) is 21.8 Å². The van der Waals surface area contributed by atoms with Gasteiger partial charge in [0.15, 0.2) is 0 Å². The molecular formula is C24H29ClF3N3O5S. The van der Waals surface area contributed by atoms with Crippen molar-refractivity contribution in [3.05, 3.63) is 58.6 Å².